The van der Waals surface area contributed by atoms with Crippen molar-refractivity contribution in [3.05, 3.63) is 29.8 Å². The Kier molecular flexibility index (Phi) is 6.01. The molecule has 0 aliphatic heterocycles. The van der Waals surface area contributed by atoms with E-state index in [0.29, 0.717) is 25.5 Å². The lowest BCUT2D eigenvalue weighted by molar-refractivity contribution is -0.00418. The third kappa shape index (κ3) is 4.58. The molecular formula is C13H19F2NO2. The molecule has 18 heavy (non-hydrogen) atoms. The van der Waals surface area contributed by atoms with E-state index in [9.17, 15) is 8.78 Å². The van der Waals surface area contributed by atoms with Gasteiger partial charge in [0.15, 0.2) is 0 Å². The van der Waals surface area contributed by atoms with Crippen LogP contribution < -0.4 is 10.1 Å². The van der Waals surface area contributed by atoms with Gasteiger partial charge in [0, 0.05) is 19.2 Å². The van der Waals surface area contributed by atoms with E-state index in [1.165, 1.54) is 19.2 Å². The van der Waals surface area contributed by atoms with E-state index in [-0.39, 0.29) is 5.56 Å². The molecular weight excluding hydrogens is 240 g/mol. The van der Waals surface area contributed by atoms with Crippen LogP contribution in [-0.2, 0) is 10.7 Å². The van der Waals surface area contributed by atoms with Crippen molar-refractivity contribution in [2.75, 3.05) is 33.4 Å². The van der Waals surface area contributed by atoms with E-state index >= 15 is 0 Å². The number of halogens is 2. The molecule has 1 N–H and O–H groups in total. The summed E-state index contributed by atoms with van der Waals surface area (Å²) in [5, 5.41) is 2.66. The molecule has 0 saturated carbocycles. The molecule has 0 atom stereocenters. The Morgan fingerprint density at radius 2 is 1.89 bits per heavy atom. The monoisotopic (exact) mass is 259 g/mol. The lowest BCUT2D eigenvalue weighted by Crippen LogP contribution is -2.32. The summed E-state index contributed by atoms with van der Waals surface area (Å²) in [7, 11) is 1.53. The van der Waals surface area contributed by atoms with Crippen molar-refractivity contribution in [3.8, 4) is 5.75 Å². The summed E-state index contributed by atoms with van der Waals surface area (Å²) >= 11 is 0. The van der Waals surface area contributed by atoms with Gasteiger partial charge < -0.3 is 14.8 Å². The lowest BCUT2D eigenvalue weighted by atomic mass is 10.1. The van der Waals surface area contributed by atoms with Gasteiger partial charge in [-0.25, -0.2) is 0 Å². The number of ether oxygens (including phenoxy) is 2. The minimum Gasteiger partial charge on any atom is -0.494 e. The van der Waals surface area contributed by atoms with Gasteiger partial charge in [-0.3, -0.25) is 0 Å². The number of hydrogen-bond donors (Lipinski definition) is 1. The van der Waals surface area contributed by atoms with E-state index < -0.39 is 12.5 Å². The molecule has 0 spiro atoms. The largest absolute Gasteiger partial charge is 0.494 e. The highest BCUT2D eigenvalue weighted by Gasteiger charge is 2.30. The summed E-state index contributed by atoms with van der Waals surface area (Å²) in [5.74, 6) is -2.29. The van der Waals surface area contributed by atoms with Gasteiger partial charge in [-0.15, -0.1) is 0 Å². The zero-order valence-electron chi connectivity index (χ0n) is 10.7. The van der Waals surface area contributed by atoms with Crippen molar-refractivity contribution < 1.29 is 18.3 Å². The molecule has 0 aromatic heterocycles. The minimum atomic E-state index is -2.89. The highest BCUT2D eigenvalue weighted by molar-refractivity contribution is 5.30. The molecule has 0 aliphatic rings. The summed E-state index contributed by atoms with van der Waals surface area (Å²) < 4.78 is 37.5. The summed E-state index contributed by atoms with van der Waals surface area (Å²) in [5.41, 5.74) is -0.0177. The van der Waals surface area contributed by atoms with Gasteiger partial charge in [0.25, 0.3) is 5.92 Å². The lowest BCUT2D eigenvalue weighted by Gasteiger charge is -2.17. The second kappa shape index (κ2) is 7.28. The van der Waals surface area contributed by atoms with Crippen molar-refractivity contribution in [2.45, 2.75) is 12.8 Å². The first-order valence-corrected chi connectivity index (χ1v) is 5.91. The average molecular weight is 259 g/mol. The maximum absolute atomic E-state index is 13.8. The van der Waals surface area contributed by atoms with E-state index in [0.717, 1.165) is 0 Å². The zero-order valence-corrected chi connectivity index (χ0v) is 10.7. The molecule has 1 aromatic carbocycles. The van der Waals surface area contributed by atoms with Crippen LogP contribution in [0.4, 0.5) is 8.78 Å². The Hall–Kier alpha value is -1.20. The Morgan fingerprint density at radius 1 is 1.22 bits per heavy atom. The van der Waals surface area contributed by atoms with Crippen LogP contribution in [-0.4, -0.2) is 33.4 Å². The molecule has 1 rings (SSSR count). The van der Waals surface area contributed by atoms with Crippen molar-refractivity contribution in [1.82, 2.24) is 5.32 Å². The zero-order chi connectivity index (χ0) is 13.4. The van der Waals surface area contributed by atoms with Gasteiger partial charge in [0.05, 0.1) is 19.8 Å². The van der Waals surface area contributed by atoms with Gasteiger partial charge in [-0.1, -0.05) is 0 Å². The first-order valence-electron chi connectivity index (χ1n) is 5.91. The first kappa shape index (κ1) is 14.9. The SMILES string of the molecule is CCOc1ccc(C(F)(F)CNCCOC)cc1. The van der Waals surface area contributed by atoms with Crippen LogP contribution in [0.1, 0.15) is 12.5 Å². The average Bonchev–Trinajstić information content (AvgIpc) is 2.36. The first-order chi connectivity index (χ1) is 8.60. The van der Waals surface area contributed by atoms with E-state index in [2.05, 4.69) is 5.32 Å². The van der Waals surface area contributed by atoms with Crippen LogP contribution in [0.2, 0.25) is 0 Å². The fraction of sp³-hybridized carbons (Fsp3) is 0.538. The maximum Gasteiger partial charge on any atom is 0.285 e. The predicted octanol–water partition coefficient (Wildman–Crippen LogP) is 2.41. The number of hydrogen-bond acceptors (Lipinski definition) is 3. The van der Waals surface area contributed by atoms with Gasteiger partial charge in [-0.05, 0) is 31.2 Å². The van der Waals surface area contributed by atoms with Crippen molar-refractivity contribution >= 4 is 0 Å². The van der Waals surface area contributed by atoms with Gasteiger partial charge in [-0.2, -0.15) is 8.78 Å². The molecule has 0 radical (unpaired) electrons. The van der Waals surface area contributed by atoms with Crippen LogP contribution in [0, 0.1) is 0 Å². The molecule has 0 fully saturated rings. The van der Waals surface area contributed by atoms with Crippen molar-refractivity contribution in [1.29, 1.82) is 0 Å². The minimum absolute atomic E-state index is 0.0177. The Labute approximate surface area is 106 Å². The molecule has 0 aliphatic carbocycles. The Morgan fingerprint density at radius 3 is 2.44 bits per heavy atom. The van der Waals surface area contributed by atoms with Gasteiger partial charge in [0.2, 0.25) is 0 Å². The predicted molar refractivity (Wildman–Crippen MR) is 66.3 cm³/mol. The molecule has 0 heterocycles. The molecule has 5 heteroatoms. The molecule has 0 unspecified atom stereocenters. The van der Waals surface area contributed by atoms with E-state index in [4.69, 9.17) is 9.47 Å². The molecule has 0 amide bonds. The van der Waals surface area contributed by atoms with Crippen LogP contribution in [0.15, 0.2) is 24.3 Å². The second-order valence-electron chi connectivity index (χ2n) is 3.83. The molecule has 0 saturated heterocycles. The topological polar surface area (TPSA) is 30.5 Å². The number of nitrogens with one attached hydrogen (secondary N) is 1. The summed E-state index contributed by atoms with van der Waals surface area (Å²) in [6, 6.07) is 5.90. The summed E-state index contributed by atoms with van der Waals surface area (Å²) in [4.78, 5) is 0. The van der Waals surface area contributed by atoms with Crippen LogP contribution in [0.5, 0.6) is 5.75 Å². The van der Waals surface area contributed by atoms with Crippen LogP contribution >= 0.6 is 0 Å². The number of benzene rings is 1. The third-order valence-electron chi connectivity index (χ3n) is 2.42. The van der Waals surface area contributed by atoms with Crippen LogP contribution in [0.25, 0.3) is 0 Å². The Bertz CT molecular complexity index is 341. The highest BCUT2D eigenvalue weighted by atomic mass is 19.3. The van der Waals surface area contributed by atoms with E-state index in [1.54, 1.807) is 12.1 Å². The van der Waals surface area contributed by atoms with Gasteiger partial charge >= 0.3 is 0 Å². The van der Waals surface area contributed by atoms with Crippen molar-refractivity contribution in [2.24, 2.45) is 0 Å². The standard InChI is InChI=1S/C13H19F2NO2/c1-3-18-12-6-4-11(5-7-12)13(14,15)10-16-8-9-17-2/h4-7,16H,3,8-10H2,1-2H3. The summed E-state index contributed by atoms with van der Waals surface area (Å²) in [6.45, 7) is 2.80. The number of rotatable bonds is 8. The van der Waals surface area contributed by atoms with Crippen molar-refractivity contribution in [3.63, 3.8) is 0 Å². The molecule has 0 bridgehead atoms. The van der Waals surface area contributed by atoms with Gasteiger partial charge in [0.1, 0.15) is 5.75 Å². The summed E-state index contributed by atoms with van der Waals surface area (Å²) in [6.07, 6.45) is 0. The second-order valence-corrected chi connectivity index (χ2v) is 3.83. The Balaban J connectivity index is 2.54. The molecule has 3 nitrogen and oxygen atoms in total. The molecule has 1 aromatic rings. The smallest absolute Gasteiger partial charge is 0.285 e. The number of methoxy groups -OCH3 is 1. The quantitative estimate of drug-likeness (QED) is 0.727. The van der Waals surface area contributed by atoms with E-state index in [1.807, 2.05) is 6.92 Å². The number of alkyl halides is 2. The normalized spacial score (nSPS) is 11.6. The third-order valence-corrected chi connectivity index (χ3v) is 2.42. The maximum atomic E-state index is 13.8. The fourth-order valence-electron chi connectivity index (χ4n) is 1.48. The van der Waals surface area contributed by atoms with Crippen LogP contribution in [0.3, 0.4) is 0 Å². The molecule has 102 valence electrons. The fourth-order valence-corrected chi connectivity index (χ4v) is 1.48. The highest BCUT2D eigenvalue weighted by Crippen LogP contribution is 2.28.